The summed E-state index contributed by atoms with van der Waals surface area (Å²) in [6.45, 7) is 3.20. The van der Waals surface area contributed by atoms with Gasteiger partial charge in [-0.3, -0.25) is 0 Å². The van der Waals surface area contributed by atoms with Gasteiger partial charge in [0.15, 0.2) is 5.13 Å². The van der Waals surface area contributed by atoms with Crippen LogP contribution in [0.2, 0.25) is 0 Å². The van der Waals surface area contributed by atoms with Gasteiger partial charge in [-0.05, 0) is 37.0 Å². The number of benzene rings is 1. The normalized spacial score (nSPS) is 16.1. The van der Waals surface area contributed by atoms with Crippen LogP contribution in [0, 0.1) is 12.8 Å². The topological polar surface area (TPSA) is 24.9 Å². The maximum atomic E-state index is 4.60. The molecule has 17 heavy (non-hydrogen) atoms. The van der Waals surface area contributed by atoms with Gasteiger partial charge in [0.1, 0.15) is 0 Å². The Labute approximate surface area is 106 Å². The first-order valence-corrected chi connectivity index (χ1v) is 7.24. The van der Waals surface area contributed by atoms with E-state index in [1.807, 2.05) is 0 Å². The Kier molecular flexibility index (Phi) is 3.02. The fourth-order valence-corrected chi connectivity index (χ4v) is 3.26. The predicted octanol–water partition coefficient (Wildman–Crippen LogP) is 4.21. The van der Waals surface area contributed by atoms with Gasteiger partial charge in [0.2, 0.25) is 0 Å². The van der Waals surface area contributed by atoms with E-state index in [1.54, 1.807) is 11.3 Å². The van der Waals surface area contributed by atoms with Crippen LogP contribution in [0.4, 0.5) is 5.13 Å². The third-order valence-electron chi connectivity index (χ3n) is 3.60. The van der Waals surface area contributed by atoms with Crippen LogP contribution in [0.25, 0.3) is 10.2 Å². The van der Waals surface area contributed by atoms with Crippen LogP contribution in [0.1, 0.15) is 31.2 Å². The van der Waals surface area contributed by atoms with Crippen molar-refractivity contribution in [3.63, 3.8) is 0 Å². The summed E-state index contributed by atoms with van der Waals surface area (Å²) < 4.78 is 1.29. The van der Waals surface area contributed by atoms with Crippen molar-refractivity contribution in [2.24, 2.45) is 5.92 Å². The molecular formula is C14H18N2S. The molecule has 0 aliphatic heterocycles. The molecule has 1 aromatic carbocycles. The smallest absolute Gasteiger partial charge is 0.183 e. The second-order valence-corrected chi connectivity index (χ2v) is 6.03. The number of anilines is 1. The summed E-state index contributed by atoms with van der Waals surface area (Å²) in [6, 6.07) is 6.45. The molecule has 1 saturated carbocycles. The lowest BCUT2D eigenvalue weighted by Crippen LogP contribution is -2.15. The highest BCUT2D eigenvalue weighted by Gasteiger charge is 2.16. The Hall–Kier alpha value is -1.09. The fourth-order valence-electron chi connectivity index (χ4n) is 2.27. The molecule has 1 fully saturated rings. The maximum Gasteiger partial charge on any atom is 0.183 e. The van der Waals surface area contributed by atoms with Crippen molar-refractivity contribution in [2.75, 3.05) is 11.9 Å². The highest BCUT2D eigenvalue weighted by atomic mass is 32.1. The molecule has 2 nitrogen and oxygen atoms in total. The molecule has 1 N–H and O–H groups in total. The molecule has 3 rings (SSSR count). The number of hydrogen-bond acceptors (Lipinski definition) is 3. The largest absolute Gasteiger partial charge is 0.361 e. The minimum Gasteiger partial charge on any atom is -0.361 e. The van der Waals surface area contributed by atoms with Crippen molar-refractivity contribution in [2.45, 2.75) is 32.6 Å². The number of aromatic nitrogens is 1. The SMILES string of the molecule is Cc1ccc2nc(NCCC3CCC3)sc2c1. The lowest BCUT2D eigenvalue weighted by atomic mass is 9.83. The van der Waals surface area contributed by atoms with E-state index in [-0.39, 0.29) is 0 Å². The number of fused-ring (bicyclic) bond motifs is 1. The number of nitrogens with one attached hydrogen (secondary N) is 1. The Morgan fingerprint density at radius 2 is 2.29 bits per heavy atom. The summed E-state index contributed by atoms with van der Waals surface area (Å²) in [7, 11) is 0. The Morgan fingerprint density at radius 1 is 1.41 bits per heavy atom. The van der Waals surface area contributed by atoms with Gasteiger partial charge in [-0.1, -0.05) is 36.7 Å². The van der Waals surface area contributed by atoms with Gasteiger partial charge in [-0.25, -0.2) is 4.98 Å². The van der Waals surface area contributed by atoms with Crippen LogP contribution in [0.3, 0.4) is 0 Å². The zero-order valence-corrected chi connectivity index (χ0v) is 11.0. The molecule has 1 aliphatic carbocycles. The molecular weight excluding hydrogens is 228 g/mol. The standard InChI is InChI=1S/C14H18N2S/c1-10-5-6-12-13(9-10)17-14(16-12)15-8-7-11-3-2-4-11/h5-6,9,11H,2-4,7-8H2,1H3,(H,15,16). The van der Waals surface area contributed by atoms with Crippen molar-refractivity contribution < 1.29 is 0 Å². The summed E-state index contributed by atoms with van der Waals surface area (Å²) in [6.07, 6.45) is 5.60. The van der Waals surface area contributed by atoms with Gasteiger partial charge < -0.3 is 5.32 Å². The molecule has 1 aliphatic rings. The summed E-state index contributed by atoms with van der Waals surface area (Å²) in [5, 5.41) is 4.53. The third kappa shape index (κ3) is 2.44. The number of thiazole rings is 1. The minimum atomic E-state index is 0.971. The summed E-state index contributed by atoms with van der Waals surface area (Å²) >= 11 is 1.77. The van der Waals surface area contributed by atoms with Crippen LogP contribution in [0.15, 0.2) is 18.2 Å². The maximum absolute atomic E-state index is 4.60. The van der Waals surface area contributed by atoms with Gasteiger partial charge in [-0.2, -0.15) is 0 Å². The molecule has 1 heterocycles. The van der Waals surface area contributed by atoms with E-state index in [0.29, 0.717) is 0 Å². The van der Waals surface area contributed by atoms with E-state index in [9.17, 15) is 0 Å². The Morgan fingerprint density at radius 3 is 3.06 bits per heavy atom. The molecule has 0 spiro atoms. The van der Waals surface area contributed by atoms with E-state index in [1.165, 1.54) is 35.9 Å². The number of rotatable bonds is 4. The van der Waals surface area contributed by atoms with E-state index in [4.69, 9.17) is 0 Å². The zero-order chi connectivity index (χ0) is 11.7. The molecule has 3 heteroatoms. The fraction of sp³-hybridized carbons (Fsp3) is 0.500. The zero-order valence-electron chi connectivity index (χ0n) is 10.2. The molecule has 0 bridgehead atoms. The van der Waals surface area contributed by atoms with Crippen molar-refractivity contribution in [1.82, 2.24) is 4.98 Å². The second-order valence-electron chi connectivity index (χ2n) is 5.00. The Balaban J connectivity index is 1.64. The van der Waals surface area contributed by atoms with E-state index in [0.717, 1.165) is 23.1 Å². The number of aryl methyl sites for hydroxylation is 1. The average molecular weight is 246 g/mol. The summed E-state index contributed by atoms with van der Waals surface area (Å²) in [5.74, 6) is 0.971. The molecule has 90 valence electrons. The third-order valence-corrected chi connectivity index (χ3v) is 4.57. The van der Waals surface area contributed by atoms with E-state index >= 15 is 0 Å². The van der Waals surface area contributed by atoms with Gasteiger partial charge in [-0.15, -0.1) is 0 Å². The van der Waals surface area contributed by atoms with Crippen LogP contribution < -0.4 is 5.32 Å². The number of hydrogen-bond donors (Lipinski definition) is 1. The van der Waals surface area contributed by atoms with Gasteiger partial charge >= 0.3 is 0 Å². The first-order valence-electron chi connectivity index (χ1n) is 6.42. The monoisotopic (exact) mass is 246 g/mol. The molecule has 2 aromatic rings. The van der Waals surface area contributed by atoms with Crippen molar-refractivity contribution in [3.8, 4) is 0 Å². The summed E-state index contributed by atoms with van der Waals surface area (Å²) in [5.41, 5.74) is 2.42. The van der Waals surface area contributed by atoms with Crippen molar-refractivity contribution in [3.05, 3.63) is 23.8 Å². The highest BCUT2D eigenvalue weighted by Crippen LogP contribution is 2.30. The average Bonchev–Trinajstić information content (AvgIpc) is 2.63. The van der Waals surface area contributed by atoms with Crippen molar-refractivity contribution >= 4 is 26.7 Å². The molecule has 0 unspecified atom stereocenters. The van der Waals surface area contributed by atoms with Gasteiger partial charge in [0, 0.05) is 6.54 Å². The first kappa shape index (κ1) is 11.0. The molecule has 1 aromatic heterocycles. The number of nitrogens with zero attached hydrogens (tertiary/aromatic N) is 1. The van der Waals surface area contributed by atoms with Crippen LogP contribution >= 0.6 is 11.3 Å². The first-order chi connectivity index (χ1) is 8.31. The van der Waals surface area contributed by atoms with E-state index < -0.39 is 0 Å². The van der Waals surface area contributed by atoms with E-state index in [2.05, 4.69) is 35.4 Å². The van der Waals surface area contributed by atoms with Gasteiger partial charge in [0.05, 0.1) is 10.2 Å². The molecule has 0 atom stereocenters. The quantitative estimate of drug-likeness (QED) is 0.874. The molecule has 0 amide bonds. The lowest BCUT2D eigenvalue weighted by molar-refractivity contribution is 0.303. The lowest BCUT2D eigenvalue weighted by Gasteiger charge is -2.24. The molecule has 0 radical (unpaired) electrons. The van der Waals surface area contributed by atoms with Gasteiger partial charge in [0.25, 0.3) is 0 Å². The second kappa shape index (κ2) is 4.65. The van der Waals surface area contributed by atoms with Crippen LogP contribution in [0.5, 0.6) is 0 Å². The Bertz CT molecular complexity index is 514. The highest BCUT2D eigenvalue weighted by molar-refractivity contribution is 7.22. The van der Waals surface area contributed by atoms with Crippen LogP contribution in [-0.4, -0.2) is 11.5 Å². The predicted molar refractivity (Wildman–Crippen MR) is 74.8 cm³/mol. The molecule has 0 saturated heterocycles. The summed E-state index contributed by atoms with van der Waals surface area (Å²) in [4.78, 5) is 4.60. The minimum absolute atomic E-state index is 0.971. The van der Waals surface area contributed by atoms with Crippen LogP contribution in [-0.2, 0) is 0 Å². The van der Waals surface area contributed by atoms with Crippen molar-refractivity contribution in [1.29, 1.82) is 0 Å².